The summed E-state index contributed by atoms with van der Waals surface area (Å²) in [5, 5.41) is 1.10. The molecule has 2 rings (SSSR count). The SMILES string of the molecule is CCN(C)C1CCN(c2nc(C(C)C)ns2)C1. The van der Waals surface area contributed by atoms with Crippen molar-refractivity contribution in [2.75, 3.05) is 31.6 Å². The van der Waals surface area contributed by atoms with Crippen molar-refractivity contribution < 1.29 is 0 Å². The normalized spacial score (nSPS) is 20.8. The highest BCUT2D eigenvalue weighted by Gasteiger charge is 2.27. The average molecular weight is 254 g/mol. The van der Waals surface area contributed by atoms with Gasteiger partial charge in [0.15, 0.2) is 0 Å². The first-order valence-corrected chi connectivity index (χ1v) is 7.18. The highest BCUT2D eigenvalue weighted by molar-refractivity contribution is 7.09. The van der Waals surface area contributed by atoms with Gasteiger partial charge in [0.1, 0.15) is 5.82 Å². The highest BCUT2D eigenvalue weighted by Crippen LogP contribution is 2.26. The molecule has 4 nitrogen and oxygen atoms in total. The minimum atomic E-state index is 0.428. The van der Waals surface area contributed by atoms with Crippen LogP contribution in [0.3, 0.4) is 0 Å². The van der Waals surface area contributed by atoms with E-state index in [0.29, 0.717) is 12.0 Å². The van der Waals surface area contributed by atoms with Crippen LogP contribution in [0.15, 0.2) is 0 Å². The maximum Gasteiger partial charge on any atom is 0.205 e. The number of nitrogens with zero attached hydrogens (tertiary/aromatic N) is 4. The van der Waals surface area contributed by atoms with Gasteiger partial charge in [-0.05, 0) is 20.0 Å². The van der Waals surface area contributed by atoms with Crippen LogP contribution in [-0.2, 0) is 0 Å². The van der Waals surface area contributed by atoms with Gasteiger partial charge >= 0.3 is 0 Å². The van der Waals surface area contributed by atoms with Crippen LogP contribution in [0.25, 0.3) is 0 Å². The Balaban J connectivity index is 2.00. The van der Waals surface area contributed by atoms with E-state index in [-0.39, 0.29) is 0 Å². The van der Waals surface area contributed by atoms with Crippen molar-refractivity contribution in [1.82, 2.24) is 14.3 Å². The number of hydrogen-bond donors (Lipinski definition) is 0. The molecule has 0 N–H and O–H groups in total. The average Bonchev–Trinajstić information content (AvgIpc) is 2.95. The summed E-state index contributed by atoms with van der Waals surface area (Å²) in [6.45, 7) is 9.82. The molecule has 0 aromatic carbocycles. The Morgan fingerprint density at radius 2 is 2.29 bits per heavy atom. The van der Waals surface area contributed by atoms with Gasteiger partial charge in [0.2, 0.25) is 5.13 Å². The molecule has 0 saturated carbocycles. The summed E-state index contributed by atoms with van der Waals surface area (Å²) in [6, 6.07) is 0.673. The van der Waals surface area contributed by atoms with E-state index in [1.165, 1.54) is 6.42 Å². The summed E-state index contributed by atoms with van der Waals surface area (Å²) in [7, 11) is 2.20. The number of aromatic nitrogens is 2. The van der Waals surface area contributed by atoms with Gasteiger partial charge in [-0.3, -0.25) is 0 Å². The summed E-state index contributed by atoms with van der Waals surface area (Å²) in [5.41, 5.74) is 0. The van der Waals surface area contributed by atoms with Crippen molar-refractivity contribution in [2.24, 2.45) is 0 Å². The second-order valence-electron chi connectivity index (χ2n) is 5.05. The standard InChI is InChI=1S/C12H22N4S/c1-5-15(4)10-6-7-16(8-10)12-13-11(9(2)3)14-17-12/h9-10H,5-8H2,1-4H3. The van der Waals surface area contributed by atoms with Gasteiger partial charge in [-0.15, -0.1) is 0 Å². The maximum atomic E-state index is 4.63. The molecule has 1 unspecified atom stereocenters. The first kappa shape index (κ1) is 12.8. The molecule has 2 heterocycles. The predicted octanol–water partition coefficient (Wildman–Crippen LogP) is 2.19. The first-order chi connectivity index (χ1) is 8.11. The van der Waals surface area contributed by atoms with E-state index in [0.717, 1.165) is 30.6 Å². The fourth-order valence-corrected chi connectivity index (χ4v) is 2.97. The Morgan fingerprint density at radius 1 is 1.53 bits per heavy atom. The second kappa shape index (κ2) is 5.31. The van der Waals surface area contributed by atoms with Gasteiger partial charge in [-0.25, -0.2) is 4.98 Å². The topological polar surface area (TPSA) is 32.3 Å². The molecule has 1 aliphatic heterocycles. The van der Waals surface area contributed by atoms with Crippen molar-refractivity contribution in [2.45, 2.75) is 39.2 Å². The highest BCUT2D eigenvalue weighted by atomic mass is 32.1. The molecule has 1 atom stereocenters. The molecular formula is C12H22N4S. The van der Waals surface area contributed by atoms with Crippen LogP contribution in [0.5, 0.6) is 0 Å². The van der Waals surface area contributed by atoms with Crippen LogP contribution >= 0.6 is 11.5 Å². The van der Waals surface area contributed by atoms with Crippen molar-refractivity contribution in [3.63, 3.8) is 0 Å². The fourth-order valence-electron chi connectivity index (χ4n) is 2.12. The Morgan fingerprint density at radius 3 is 2.88 bits per heavy atom. The van der Waals surface area contributed by atoms with Crippen LogP contribution in [0, 0.1) is 0 Å². The number of hydrogen-bond acceptors (Lipinski definition) is 5. The third-order valence-electron chi connectivity index (χ3n) is 3.50. The number of anilines is 1. The van der Waals surface area contributed by atoms with Crippen molar-refractivity contribution in [3.05, 3.63) is 5.82 Å². The molecule has 0 radical (unpaired) electrons. The zero-order chi connectivity index (χ0) is 12.4. The molecule has 1 fully saturated rings. The van der Waals surface area contributed by atoms with Crippen molar-refractivity contribution in [1.29, 1.82) is 0 Å². The Bertz CT molecular complexity index is 363. The van der Waals surface area contributed by atoms with Gasteiger partial charge < -0.3 is 9.80 Å². The van der Waals surface area contributed by atoms with Gasteiger partial charge in [0.25, 0.3) is 0 Å². The van der Waals surface area contributed by atoms with Crippen molar-refractivity contribution in [3.8, 4) is 0 Å². The van der Waals surface area contributed by atoms with Crippen LogP contribution in [0.1, 0.15) is 38.9 Å². The van der Waals surface area contributed by atoms with E-state index in [2.05, 4.69) is 47.0 Å². The lowest BCUT2D eigenvalue weighted by molar-refractivity contribution is 0.272. The molecule has 0 aliphatic carbocycles. The molecule has 1 aromatic rings. The zero-order valence-electron chi connectivity index (χ0n) is 11.2. The Hall–Kier alpha value is -0.680. The van der Waals surface area contributed by atoms with E-state index in [9.17, 15) is 0 Å². The maximum absolute atomic E-state index is 4.63. The van der Waals surface area contributed by atoms with Crippen LogP contribution in [0.2, 0.25) is 0 Å². The van der Waals surface area contributed by atoms with Crippen LogP contribution < -0.4 is 4.90 Å². The molecule has 0 bridgehead atoms. The second-order valence-corrected chi connectivity index (χ2v) is 5.78. The molecule has 1 saturated heterocycles. The molecule has 5 heteroatoms. The molecular weight excluding hydrogens is 232 g/mol. The molecule has 17 heavy (non-hydrogen) atoms. The zero-order valence-corrected chi connectivity index (χ0v) is 12.0. The Labute approximate surface area is 108 Å². The van der Waals surface area contributed by atoms with E-state index in [4.69, 9.17) is 0 Å². The summed E-state index contributed by atoms with van der Waals surface area (Å²) >= 11 is 1.54. The summed E-state index contributed by atoms with van der Waals surface area (Å²) in [6.07, 6.45) is 1.24. The lowest BCUT2D eigenvalue weighted by Crippen LogP contribution is -2.34. The van der Waals surface area contributed by atoms with Gasteiger partial charge in [0, 0.05) is 36.6 Å². The monoisotopic (exact) mass is 254 g/mol. The number of rotatable bonds is 4. The smallest absolute Gasteiger partial charge is 0.205 e. The van der Waals surface area contributed by atoms with Gasteiger partial charge in [-0.1, -0.05) is 20.8 Å². The van der Waals surface area contributed by atoms with Crippen LogP contribution in [-0.4, -0.2) is 47.0 Å². The third-order valence-corrected chi connectivity index (χ3v) is 4.29. The van der Waals surface area contributed by atoms with Crippen LogP contribution in [0.4, 0.5) is 5.13 Å². The lowest BCUT2D eigenvalue weighted by Gasteiger charge is -2.22. The predicted molar refractivity (Wildman–Crippen MR) is 72.9 cm³/mol. The van der Waals surface area contributed by atoms with Gasteiger partial charge in [-0.2, -0.15) is 4.37 Å². The molecule has 1 aromatic heterocycles. The summed E-state index contributed by atoms with van der Waals surface area (Å²) in [4.78, 5) is 9.42. The molecule has 96 valence electrons. The summed E-state index contributed by atoms with van der Waals surface area (Å²) in [5.74, 6) is 1.41. The minimum Gasteiger partial charge on any atom is -0.345 e. The van der Waals surface area contributed by atoms with Gasteiger partial charge in [0.05, 0.1) is 0 Å². The molecule has 0 spiro atoms. The molecule has 0 amide bonds. The largest absolute Gasteiger partial charge is 0.345 e. The first-order valence-electron chi connectivity index (χ1n) is 6.40. The van der Waals surface area contributed by atoms with E-state index in [1.807, 2.05) is 0 Å². The quantitative estimate of drug-likeness (QED) is 0.824. The fraction of sp³-hybridized carbons (Fsp3) is 0.833. The third kappa shape index (κ3) is 2.77. The lowest BCUT2D eigenvalue weighted by atomic mass is 10.2. The minimum absolute atomic E-state index is 0.428. The van der Waals surface area contributed by atoms with Crippen molar-refractivity contribution >= 4 is 16.7 Å². The molecule has 1 aliphatic rings. The Kier molecular flexibility index (Phi) is 3.99. The number of likely N-dealkylation sites (N-methyl/N-ethyl adjacent to an activating group) is 1. The summed E-state index contributed by atoms with van der Waals surface area (Å²) < 4.78 is 4.43. The van der Waals surface area contributed by atoms with E-state index in [1.54, 1.807) is 11.5 Å². The van der Waals surface area contributed by atoms with E-state index < -0.39 is 0 Å². The van der Waals surface area contributed by atoms with E-state index >= 15 is 0 Å².